The van der Waals surface area contributed by atoms with Crippen molar-refractivity contribution in [3.8, 4) is 5.75 Å². The van der Waals surface area contributed by atoms with Crippen molar-refractivity contribution in [1.29, 1.82) is 0 Å². The Hall–Kier alpha value is -1.36. The number of halogens is 1. The molecule has 1 aromatic rings. The fraction of sp³-hybridized carbons (Fsp3) is 0.111. The normalized spacial score (nSPS) is 10.4. The Morgan fingerprint density at radius 1 is 1.57 bits per heavy atom. The van der Waals surface area contributed by atoms with E-state index in [-0.39, 0.29) is 0 Å². The minimum Gasteiger partial charge on any atom is -0.496 e. The molecule has 1 rings (SSSR count). The first-order valence-electron chi connectivity index (χ1n) is 3.79. The molecule has 0 aliphatic rings. The van der Waals surface area contributed by atoms with Crippen molar-refractivity contribution >= 4 is 22.0 Å². The fourth-order valence-electron chi connectivity index (χ4n) is 0.992. The fourth-order valence-corrected chi connectivity index (χ4v) is 1.47. The maximum Gasteiger partial charge on any atom is 0.235 e. The van der Waals surface area contributed by atoms with Crippen LogP contribution in [-0.2, 0) is 0 Å². The maximum atomic E-state index is 10.1. The van der Waals surface area contributed by atoms with Gasteiger partial charge in [-0.3, -0.25) is 10.1 Å². The first-order valence-corrected chi connectivity index (χ1v) is 4.58. The van der Waals surface area contributed by atoms with Crippen LogP contribution in [0.3, 0.4) is 0 Å². The molecule has 0 aliphatic heterocycles. The third-order valence-electron chi connectivity index (χ3n) is 1.60. The highest BCUT2D eigenvalue weighted by Crippen LogP contribution is 2.27. The van der Waals surface area contributed by atoms with Crippen molar-refractivity contribution in [3.63, 3.8) is 0 Å². The zero-order valence-corrected chi connectivity index (χ0v) is 9.02. The van der Waals surface area contributed by atoms with Crippen molar-refractivity contribution < 1.29 is 9.66 Å². The molecule has 0 fully saturated rings. The van der Waals surface area contributed by atoms with Crippen molar-refractivity contribution in [2.45, 2.75) is 0 Å². The van der Waals surface area contributed by atoms with Crippen LogP contribution in [0, 0.1) is 10.1 Å². The molecule has 0 unspecified atom stereocenters. The number of benzene rings is 1. The number of nitrogens with zero attached hydrogens (tertiary/aromatic N) is 1. The molecule has 0 bridgehead atoms. The summed E-state index contributed by atoms with van der Waals surface area (Å²) in [6, 6.07) is 5.33. The molecule has 1 aromatic carbocycles. The first kappa shape index (κ1) is 10.7. The molecule has 5 heteroatoms. The molecule has 0 saturated carbocycles. The Balaban J connectivity index is 3.11. The highest BCUT2D eigenvalue weighted by Gasteiger charge is 2.04. The molecule has 0 aliphatic carbocycles. The zero-order chi connectivity index (χ0) is 10.6. The summed E-state index contributed by atoms with van der Waals surface area (Å²) in [6.07, 6.45) is 2.27. The highest BCUT2D eigenvalue weighted by atomic mass is 79.9. The van der Waals surface area contributed by atoms with Crippen molar-refractivity contribution in [3.05, 3.63) is 44.5 Å². The lowest BCUT2D eigenvalue weighted by atomic mass is 10.2. The largest absolute Gasteiger partial charge is 0.496 e. The van der Waals surface area contributed by atoms with Gasteiger partial charge in [-0.15, -0.1) is 0 Å². The molecule has 0 amide bonds. The van der Waals surface area contributed by atoms with E-state index >= 15 is 0 Å². The second-order valence-electron chi connectivity index (χ2n) is 2.46. The second kappa shape index (κ2) is 4.76. The van der Waals surface area contributed by atoms with Crippen molar-refractivity contribution in [2.24, 2.45) is 0 Å². The Bertz CT molecular complexity index is 376. The molecule has 0 spiro atoms. The molecule has 0 saturated heterocycles. The average molecular weight is 258 g/mol. The standard InChI is InChI=1S/C9H8BrNO3/c1-14-9-4-2-3-8(10)7(9)5-6-11(12)13/h2-6H,1H3/b6-5+. The van der Waals surface area contributed by atoms with Crippen LogP contribution in [-0.4, -0.2) is 12.0 Å². The third-order valence-corrected chi connectivity index (χ3v) is 2.29. The van der Waals surface area contributed by atoms with Gasteiger partial charge >= 0.3 is 0 Å². The van der Waals surface area contributed by atoms with Gasteiger partial charge in [-0.2, -0.15) is 0 Å². The second-order valence-corrected chi connectivity index (χ2v) is 3.31. The van der Waals surface area contributed by atoms with Crippen molar-refractivity contribution in [2.75, 3.05) is 7.11 Å². The van der Waals surface area contributed by atoms with Crippen LogP contribution in [0.25, 0.3) is 6.08 Å². The molecular weight excluding hydrogens is 250 g/mol. The highest BCUT2D eigenvalue weighted by molar-refractivity contribution is 9.10. The monoisotopic (exact) mass is 257 g/mol. The van der Waals surface area contributed by atoms with Crippen LogP contribution in [0.4, 0.5) is 0 Å². The average Bonchev–Trinajstić information content (AvgIpc) is 2.15. The SMILES string of the molecule is COc1cccc(Br)c1/C=C/[N+](=O)[O-]. The summed E-state index contributed by atoms with van der Waals surface area (Å²) in [5.74, 6) is 0.595. The van der Waals surface area contributed by atoms with E-state index in [1.165, 1.54) is 13.2 Å². The molecule has 74 valence electrons. The van der Waals surface area contributed by atoms with Crippen LogP contribution in [0.5, 0.6) is 5.75 Å². The van der Waals surface area contributed by atoms with Crippen LogP contribution < -0.4 is 4.74 Å². The molecule has 0 atom stereocenters. The minimum absolute atomic E-state index is 0.515. The van der Waals surface area contributed by atoms with E-state index in [1.54, 1.807) is 18.2 Å². The summed E-state index contributed by atoms with van der Waals surface area (Å²) < 4.78 is 5.81. The molecule has 14 heavy (non-hydrogen) atoms. The number of rotatable bonds is 3. The lowest BCUT2D eigenvalue weighted by Crippen LogP contribution is -1.89. The number of methoxy groups -OCH3 is 1. The summed E-state index contributed by atoms with van der Waals surface area (Å²) >= 11 is 3.28. The lowest BCUT2D eigenvalue weighted by Gasteiger charge is -2.04. The van der Waals surface area contributed by atoms with Gasteiger partial charge < -0.3 is 4.74 Å². The van der Waals surface area contributed by atoms with Gasteiger partial charge in [-0.25, -0.2) is 0 Å². The van der Waals surface area contributed by atoms with E-state index in [2.05, 4.69) is 15.9 Å². The summed E-state index contributed by atoms with van der Waals surface area (Å²) in [5, 5.41) is 10.1. The van der Waals surface area contributed by atoms with Crippen LogP contribution >= 0.6 is 15.9 Å². The van der Waals surface area contributed by atoms with Crippen LogP contribution in [0.2, 0.25) is 0 Å². The van der Waals surface area contributed by atoms with Crippen molar-refractivity contribution in [1.82, 2.24) is 0 Å². The van der Waals surface area contributed by atoms with E-state index < -0.39 is 4.92 Å². The quantitative estimate of drug-likeness (QED) is 0.618. The third kappa shape index (κ3) is 2.56. The molecule has 0 heterocycles. The number of ether oxygens (including phenoxy) is 1. The van der Waals surface area contributed by atoms with Gasteiger partial charge in [-0.1, -0.05) is 22.0 Å². The predicted octanol–water partition coefficient (Wildman–Crippen LogP) is 2.71. The Morgan fingerprint density at radius 2 is 2.29 bits per heavy atom. The van der Waals surface area contributed by atoms with Gasteiger partial charge in [0.15, 0.2) is 0 Å². The molecule has 0 aromatic heterocycles. The molecule has 4 nitrogen and oxygen atoms in total. The van der Waals surface area contributed by atoms with Gasteiger partial charge in [0, 0.05) is 16.1 Å². The Kier molecular flexibility index (Phi) is 3.64. The smallest absolute Gasteiger partial charge is 0.235 e. The summed E-state index contributed by atoms with van der Waals surface area (Å²) in [6.45, 7) is 0. The predicted molar refractivity (Wildman–Crippen MR) is 56.7 cm³/mol. The Labute approximate surface area is 89.5 Å². The van der Waals surface area contributed by atoms with E-state index in [0.29, 0.717) is 11.3 Å². The molecule has 0 N–H and O–H groups in total. The van der Waals surface area contributed by atoms with E-state index in [9.17, 15) is 10.1 Å². The number of hydrogen-bond acceptors (Lipinski definition) is 3. The Morgan fingerprint density at radius 3 is 2.86 bits per heavy atom. The minimum atomic E-state index is -0.515. The summed E-state index contributed by atoms with van der Waals surface area (Å²) in [4.78, 5) is 9.63. The molecular formula is C9H8BrNO3. The molecule has 0 radical (unpaired) electrons. The van der Waals surface area contributed by atoms with E-state index in [0.717, 1.165) is 10.7 Å². The van der Waals surface area contributed by atoms with E-state index in [1.807, 2.05) is 0 Å². The summed E-state index contributed by atoms with van der Waals surface area (Å²) in [7, 11) is 1.52. The zero-order valence-electron chi connectivity index (χ0n) is 7.44. The number of hydrogen-bond donors (Lipinski definition) is 0. The first-order chi connectivity index (χ1) is 6.65. The maximum absolute atomic E-state index is 10.1. The summed E-state index contributed by atoms with van der Waals surface area (Å²) in [5.41, 5.74) is 0.659. The topological polar surface area (TPSA) is 52.4 Å². The van der Waals surface area contributed by atoms with Gasteiger partial charge in [0.05, 0.1) is 12.0 Å². The van der Waals surface area contributed by atoms with E-state index in [4.69, 9.17) is 4.74 Å². The van der Waals surface area contributed by atoms with Crippen LogP contribution in [0.1, 0.15) is 5.56 Å². The van der Waals surface area contributed by atoms with Crippen LogP contribution in [0.15, 0.2) is 28.9 Å². The van der Waals surface area contributed by atoms with Gasteiger partial charge in [-0.05, 0) is 12.1 Å². The van der Waals surface area contributed by atoms with Gasteiger partial charge in [0.2, 0.25) is 6.20 Å². The number of nitro groups is 1. The van der Waals surface area contributed by atoms with Gasteiger partial charge in [0.25, 0.3) is 0 Å². The lowest BCUT2D eigenvalue weighted by molar-refractivity contribution is -0.400. The van der Waals surface area contributed by atoms with Gasteiger partial charge in [0.1, 0.15) is 5.75 Å².